The van der Waals surface area contributed by atoms with E-state index in [0.29, 0.717) is 24.2 Å². The number of sulfonamides is 1. The van der Waals surface area contributed by atoms with Gasteiger partial charge in [0.05, 0.1) is 10.9 Å². The summed E-state index contributed by atoms with van der Waals surface area (Å²) in [5.74, 6) is -0.750. The van der Waals surface area contributed by atoms with Gasteiger partial charge in [0.2, 0.25) is 10.0 Å². The maximum atomic E-state index is 13.7. The number of carbonyl (C=O) groups excluding carboxylic acids is 1. The zero-order chi connectivity index (χ0) is 21.7. The molecule has 0 aromatic heterocycles. The molecule has 0 aliphatic carbocycles. The van der Waals surface area contributed by atoms with Crippen LogP contribution in [0.1, 0.15) is 42.1 Å². The Morgan fingerprint density at radius 3 is 2.57 bits per heavy atom. The van der Waals surface area contributed by atoms with E-state index in [9.17, 15) is 17.6 Å². The van der Waals surface area contributed by atoms with Crippen LogP contribution in [-0.2, 0) is 10.0 Å². The van der Waals surface area contributed by atoms with Crippen molar-refractivity contribution in [1.82, 2.24) is 9.62 Å². The quantitative estimate of drug-likeness (QED) is 0.724. The van der Waals surface area contributed by atoms with Crippen LogP contribution in [0, 0.1) is 12.7 Å². The Morgan fingerprint density at radius 1 is 1.17 bits per heavy atom. The van der Waals surface area contributed by atoms with Crippen molar-refractivity contribution < 1.29 is 22.3 Å². The SMILES string of the molecule is Cc1ccc(S(=O)(=O)N2CCCCC2)cc1C(=O)NC(C)COc1ccccc1F. The number of halogens is 1. The molecule has 2 aromatic carbocycles. The second-order valence-corrected chi connectivity index (χ2v) is 9.50. The zero-order valence-corrected chi connectivity index (χ0v) is 18.0. The topological polar surface area (TPSA) is 75.7 Å². The lowest BCUT2D eigenvalue weighted by molar-refractivity contribution is 0.0925. The molecule has 1 aliphatic heterocycles. The van der Waals surface area contributed by atoms with E-state index in [1.165, 1.54) is 22.5 Å². The molecule has 0 saturated carbocycles. The van der Waals surface area contributed by atoms with Crippen LogP contribution in [0.5, 0.6) is 5.75 Å². The van der Waals surface area contributed by atoms with E-state index in [1.807, 2.05) is 0 Å². The van der Waals surface area contributed by atoms with Crippen LogP contribution in [0.15, 0.2) is 47.4 Å². The van der Waals surface area contributed by atoms with Gasteiger partial charge in [-0.2, -0.15) is 4.31 Å². The molecule has 3 rings (SSSR count). The van der Waals surface area contributed by atoms with Crippen LogP contribution in [-0.4, -0.2) is 44.4 Å². The maximum absolute atomic E-state index is 13.7. The van der Waals surface area contributed by atoms with Crippen molar-refractivity contribution in [3.63, 3.8) is 0 Å². The standard InChI is InChI=1S/C22H27FN2O4S/c1-16-10-11-18(30(27,28)25-12-6-3-7-13-25)14-19(16)22(26)24-17(2)15-29-21-9-5-4-8-20(21)23/h4-5,8-11,14,17H,3,6-7,12-13,15H2,1-2H3,(H,24,26). The van der Waals surface area contributed by atoms with Gasteiger partial charge in [-0.3, -0.25) is 4.79 Å². The maximum Gasteiger partial charge on any atom is 0.251 e. The van der Waals surface area contributed by atoms with Crippen LogP contribution < -0.4 is 10.1 Å². The summed E-state index contributed by atoms with van der Waals surface area (Å²) in [6, 6.07) is 10.3. The van der Waals surface area contributed by atoms with Crippen molar-refractivity contribution in [3.05, 3.63) is 59.4 Å². The van der Waals surface area contributed by atoms with Crippen molar-refractivity contribution in [1.29, 1.82) is 0 Å². The number of benzene rings is 2. The van der Waals surface area contributed by atoms with Gasteiger partial charge in [-0.25, -0.2) is 12.8 Å². The number of amides is 1. The van der Waals surface area contributed by atoms with E-state index in [4.69, 9.17) is 4.74 Å². The monoisotopic (exact) mass is 434 g/mol. The fourth-order valence-electron chi connectivity index (χ4n) is 3.38. The lowest BCUT2D eigenvalue weighted by Crippen LogP contribution is -2.38. The number of ether oxygens (including phenoxy) is 1. The molecule has 8 heteroatoms. The fraction of sp³-hybridized carbons (Fsp3) is 0.409. The van der Waals surface area contributed by atoms with Gasteiger partial charge in [-0.15, -0.1) is 0 Å². The minimum atomic E-state index is -3.63. The number of aryl methyl sites for hydroxylation is 1. The largest absolute Gasteiger partial charge is 0.488 e. The third kappa shape index (κ3) is 5.17. The zero-order valence-electron chi connectivity index (χ0n) is 17.2. The summed E-state index contributed by atoms with van der Waals surface area (Å²) in [5.41, 5.74) is 0.971. The number of hydrogen-bond donors (Lipinski definition) is 1. The average molecular weight is 435 g/mol. The lowest BCUT2D eigenvalue weighted by atomic mass is 10.1. The predicted octanol–water partition coefficient (Wildman–Crippen LogP) is 3.51. The van der Waals surface area contributed by atoms with E-state index in [2.05, 4.69) is 5.32 Å². The number of hydrogen-bond acceptors (Lipinski definition) is 4. The first-order chi connectivity index (χ1) is 14.3. The van der Waals surface area contributed by atoms with Crippen molar-refractivity contribution in [2.24, 2.45) is 0 Å². The lowest BCUT2D eigenvalue weighted by Gasteiger charge is -2.26. The Bertz CT molecular complexity index is 1000. The molecule has 30 heavy (non-hydrogen) atoms. The van der Waals surface area contributed by atoms with Gasteiger partial charge < -0.3 is 10.1 Å². The van der Waals surface area contributed by atoms with Crippen molar-refractivity contribution in [3.8, 4) is 5.75 Å². The Kier molecular flexibility index (Phi) is 7.10. The van der Waals surface area contributed by atoms with Gasteiger partial charge in [0.15, 0.2) is 11.6 Å². The Balaban J connectivity index is 1.69. The molecule has 0 bridgehead atoms. The normalized spacial score (nSPS) is 16.1. The molecule has 0 radical (unpaired) electrons. The van der Waals surface area contributed by atoms with Gasteiger partial charge in [0.25, 0.3) is 5.91 Å². The van der Waals surface area contributed by atoms with Crippen LogP contribution in [0.25, 0.3) is 0 Å². The number of carbonyl (C=O) groups is 1. The first-order valence-electron chi connectivity index (χ1n) is 10.1. The van der Waals surface area contributed by atoms with Crippen molar-refractivity contribution in [2.75, 3.05) is 19.7 Å². The highest BCUT2D eigenvalue weighted by molar-refractivity contribution is 7.89. The van der Waals surface area contributed by atoms with E-state index in [-0.39, 0.29) is 17.3 Å². The molecule has 1 fully saturated rings. The molecular weight excluding hydrogens is 407 g/mol. The molecule has 1 saturated heterocycles. The Labute approximate surface area is 177 Å². The molecule has 1 atom stereocenters. The average Bonchev–Trinajstić information content (AvgIpc) is 2.74. The molecule has 1 amide bonds. The van der Waals surface area contributed by atoms with Crippen LogP contribution in [0.3, 0.4) is 0 Å². The van der Waals surface area contributed by atoms with Gasteiger partial charge in [-0.05, 0) is 56.5 Å². The van der Waals surface area contributed by atoms with Crippen molar-refractivity contribution in [2.45, 2.75) is 44.0 Å². The van der Waals surface area contributed by atoms with Gasteiger partial charge in [-0.1, -0.05) is 24.6 Å². The number of rotatable bonds is 7. The van der Waals surface area contributed by atoms with Gasteiger partial charge in [0.1, 0.15) is 6.61 Å². The minimum absolute atomic E-state index is 0.0808. The molecule has 0 spiro atoms. The van der Waals surface area contributed by atoms with Gasteiger partial charge >= 0.3 is 0 Å². The molecule has 162 valence electrons. The van der Waals surface area contributed by atoms with Crippen molar-refractivity contribution >= 4 is 15.9 Å². The highest BCUT2D eigenvalue weighted by Crippen LogP contribution is 2.23. The Morgan fingerprint density at radius 2 is 1.87 bits per heavy atom. The van der Waals surface area contributed by atoms with E-state index >= 15 is 0 Å². The van der Waals surface area contributed by atoms with E-state index in [0.717, 1.165) is 19.3 Å². The van der Waals surface area contributed by atoms with Gasteiger partial charge in [0, 0.05) is 18.7 Å². The van der Waals surface area contributed by atoms with Crippen LogP contribution >= 0.6 is 0 Å². The van der Waals surface area contributed by atoms with Crippen LogP contribution in [0.2, 0.25) is 0 Å². The van der Waals surface area contributed by atoms with Crippen LogP contribution in [0.4, 0.5) is 4.39 Å². The molecule has 2 aromatic rings. The van der Waals surface area contributed by atoms with E-state index in [1.54, 1.807) is 38.1 Å². The second kappa shape index (κ2) is 9.57. The molecule has 6 nitrogen and oxygen atoms in total. The number of nitrogens with zero attached hydrogens (tertiary/aromatic N) is 1. The number of para-hydroxylation sites is 1. The molecule has 1 aliphatic rings. The minimum Gasteiger partial charge on any atom is -0.488 e. The molecule has 1 N–H and O–H groups in total. The second-order valence-electron chi connectivity index (χ2n) is 7.56. The third-order valence-corrected chi connectivity index (χ3v) is 7.00. The molecule has 1 unspecified atom stereocenters. The predicted molar refractivity (Wildman–Crippen MR) is 113 cm³/mol. The first kappa shape index (κ1) is 22.2. The summed E-state index contributed by atoms with van der Waals surface area (Å²) in [6.07, 6.45) is 2.72. The molecule has 1 heterocycles. The summed E-state index contributed by atoms with van der Waals surface area (Å²) in [6.45, 7) is 4.58. The highest BCUT2D eigenvalue weighted by Gasteiger charge is 2.27. The highest BCUT2D eigenvalue weighted by atomic mass is 32.2. The smallest absolute Gasteiger partial charge is 0.251 e. The summed E-state index contributed by atoms with van der Waals surface area (Å²) < 4.78 is 46.4. The summed E-state index contributed by atoms with van der Waals surface area (Å²) in [7, 11) is -3.63. The number of nitrogens with one attached hydrogen (secondary N) is 1. The third-order valence-electron chi connectivity index (χ3n) is 5.11. The first-order valence-corrected chi connectivity index (χ1v) is 11.5. The molecular formula is C22H27FN2O4S. The summed E-state index contributed by atoms with van der Waals surface area (Å²) in [4.78, 5) is 12.9. The Hall–Kier alpha value is -2.45. The van der Waals surface area contributed by atoms with E-state index < -0.39 is 27.8 Å². The number of piperidine rings is 1. The summed E-state index contributed by atoms with van der Waals surface area (Å²) >= 11 is 0. The summed E-state index contributed by atoms with van der Waals surface area (Å²) in [5, 5.41) is 2.79. The fourth-order valence-corrected chi connectivity index (χ4v) is 4.92.